The smallest absolute Gasteiger partial charge is 0.329 e. The van der Waals surface area contributed by atoms with Crippen LogP contribution in [-0.2, 0) is 0 Å². The molecule has 5 heteroatoms. The normalized spacial score (nSPS) is 10.4. The van der Waals surface area contributed by atoms with Crippen LogP contribution in [0.2, 0.25) is 0 Å². The quantitative estimate of drug-likeness (QED) is 0.621. The second-order valence-electron chi connectivity index (χ2n) is 3.16. The van der Waals surface area contributed by atoms with E-state index in [4.69, 9.17) is 0 Å². The number of hydrogen-bond donors (Lipinski definition) is 0. The second-order valence-corrected chi connectivity index (χ2v) is 3.16. The Bertz CT molecular complexity index is 474. The predicted molar refractivity (Wildman–Crippen MR) is 52.0 cm³/mol. The van der Waals surface area contributed by atoms with Crippen molar-refractivity contribution in [2.75, 3.05) is 14.1 Å². The molecule has 72 valence electrons. The molecule has 0 unspecified atom stereocenters. The first-order valence-electron chi connectivity index (χ1n) is 4.19. The third kappa shape index (κ3) is 1.22. The van der Waals surface area contributed by atoms with Gasteiger partial charge in [-0.2, -0.15) is 0 Å². The summed E-state index contributed by atoms with van der Waals surface area (Å²) < 4.78 is 1.47. The lowest BCUT2D eigenvalue weighted by atomic mass is 10.4. The standard InChI is InChI=1S/C9H10N4O/c1-12(2)9(14)13-6-11-7-3-4-10-5-8(7)13/h3-6H,1-2H3. The van der Waals surface area contributed by atoms with Crippen molar-refractivity contribution in [2.24, 2.45) is 0 Å². The van der Waals surface area contributed by atoms with E-state index >= 15 is 0 Å². The van der Waals surface area contributed by atoms with Crippen molar-refractivity contribution < 1.29 is 4.79 Å². The molecule has 14 heavy (non-hydrogen) atoms. The van der Waals surface area contributed by atoms with E-state index in [0.717, 1.165) is 11.0 Å². The minimum absolute atomic E-state index is 0.125. The number of aromatic nitrogens is 3. The van der Waals surface area contributed by atoms with Crippen molar-refractivity contribution in [3.05, 3.63) is 24.8 Å². The van der Waals surface area contributed by atoms with E-state index < -0.39 is 0 Å². The molecule has 2 aromatic heterocycles. The molecule has 2 rings (SSSR count). The average molecular weight is 190 g/mol. The van der Waals surface area contributed by atoms with Gasteiger partial charge in [-0.05, 0) is 6.07 Å². The van der Waals surface area contributed by atoms with Gasteiger partial charge in [-0.3, -0.25) is 4.98 Å². The molecule has 0 N–H and O–H groups in total. The van der Waals surface area contributed by atoms with Crippen LogP contribution >= 0.6 is 0 Å². The summed E-state index contributed by atoms with van der Waals surface area (Å²) in [5, 5.41) is 0. The van der Waals surface area contributed by atoms with Crippen LogP contribution in [0.1, 0.15) is 0 Å². The second kappa shape index (κ2) is 3.10. The van der Waals surface area contributed by atoms with Crippen molar-refractivity contribution in [2.45, 2.75) is 0 Å². The maximum atomic E-state index is 11.6. The lowest BCUT2D eigenvalue weighted by Crippen LogP contribution is -2.26. The molecule has 0 fully saturated rings. The van der Waals surface area contributed by atoms with E-state index in [-0.39, 0.29) is 6.03 Å². The number of rotatable bonds is 0. The molecule has 0 radical (unpaired) electrons. The lowest BCUT2D eigenvalue weighted by molar-refractivity contribution is 0.220. The molecule has 0 atom stereocenters. The first kappa shape index (κ1) is 8.68. The van der Waals surface area contributed by atoms with Gasteiger partial charge in [0, 0.05) is 20.3 Å². The molecular weight excluding hydrogens is 180 g/mol. The topological polar surface area (TPSA) is 51.0 Å². The van der Waals surface area contributed by atoms with Crippen LogP contribution in [-0.4, -0.2) is 39.6 Å². The Labute approximate surface area is 81.0 Å². The lowest BCUT2D eigenvalue weighted by Gasteiger charge is -2.10. The molecular formula is C9H10N4O. The highest BCUT2D eigenvalue weighted by Crippen LogP contribution is 2.10. The van der Waals surface area contributed by atoms with Gasteiger partial charge in [-0.1, -0.05) is 0 Å². The van der Waals surface area contributed by atoms with E-state index in [9.17, 15) is 4.79 Å². The van der Waals surface area contributed by atoms with Crippen LogP contribution in [0.3, 0.4) is 0 Å². The highest BCUT2D eigenvalue weighted by atomic mass is 16.2. The molecule has 2 heterocycles. The molecule has 0 aliphatic rings. The molecule has 2 aromatic rings. The van der Waals surface area contributed by atoms with Crippen LogP contribution in [0.5, 0.6) is 0 Å². The summed E-state index contributed by atoms with van der Waals surface area (Å²) in [4.78, 5) is 21.2. The van der Waals surface area contributed by atoms with Crippen LogP contribution in [0, 0.1) is 0 Å². The Morgan fingerprint density at radius 3 is 3.00 bits per heavy atom. The molecule has 0 bridgehead atoms. The van der Waals surface area contributed by atoms with Gasteiger partial charge in [-0.15, -0.1) is 0 Å². The van der Waals surface area contributed by atoms with Gasteiger partial charge in [0.15, 0.2) is 0 Å². The van der Waals surface area contributed by atoms with Gasteiger partial charge in [0.25, 0.3) is 0 Å². The Morgan fingerprint density at radius 1 is 1.50 bits per heavy atom. The van der Waals surface area contributed by atoms with Gasteiger partial charge in [0.05, 0.1) is 17.2 Å². The zero-order valence-electron chi connectivity index (χ0n) is 8.01. The molecule has 0 saturated carbocycles. The number of nitrogens with zero attached hydrogens (tertiary/aromatic N) is 4. The van der Waals surface area contributed by atoms with Gasteiger partial charge >= 0.3 is 6.03 Å². The SMILES string of the molecule is CN(C)C(=O)n1cnc2ccncc21. The highest BCUT2D eigenvalue weighted by molar-refractivity contribution is 5.88. The van der Waals surface area contributed by atoms with Crippen LogP contribution in [0.4, 0.5) is 4.79 Å². The van der Waals surface area contributed by atoms with E-state index in [1.165, 1.54) is 15.8 Å². The van der Waals surface area contributed by atoms with Gasteiger partial charge in [0.2, 0.25) is 0 Å². The van der Waals surface area contributed by atoms with Crippen LogP contribution < -0.4 is 0 Å². The summed E-state index contributed by atoms with van der Waals surface area (Å²) in [6.07, 6.45) is 4.79. The number of amides is 1. The number of pyridine rings is 1. The number of hydrogen-bond acceptors (Lipinski definition) is 3. The first-order valence-corrected chi connectivity index (χ1v) is 4.19. The fourth-order valence-corrected chi connectivity index (χ4v) is 1.22. The number of fused-ring (bicyclic) bond motifs is 1. The molecule has 0 spiro atoms. The van der Waals surface area contributed by atoms with Crippen molar-refractivity contribution >= 4 is 17.1 Å². The average Bonchev–Trinajstić information content (AvgIpc) is 2.60. The van der Waals surface area contributed by atoms with Crippen LogP contribution in [0.25, 0.3) is 11.0 Å². The van der Waals surface area contributed by atoms with E-state index in [1.807, 2.05) is 0 Å². The summed E-state index contributed by atoms with van der Waals surface area (Å²) in [6, 6.07) is 1.65. The Hall–Kier alpha value is -1.91. The molecule has 1 amide bonds. The largest absolute Gasteiger partial charge is 0.330 e. The number of carbonyl (C=O) groups excluding carboxylic acids is 1. The summed E-state index contributed by atoms with van der Waals surface area (Å²) in [5.41, 5.74) is 1.50. The van der Waals surface area contributed by atoms with Gasteiger partial charge in [-0.25, -0.2) is 14.3 Å². The zero-order valence-corrected chi connectivity index (χ0v) is 8.01. The monoisotopic (exact) mass is 190 g/mol. The van der Waals surface area contributed by atoms with Gasteiger partial charge in [0.1, 0.15) is 6.33 Å². The molecule has 0 aliphatic carbocycles. The zero-order chi connectivity index (χ0) is 10.1. The third-order valence-electron chi connectivity index (χ3n) is 1.94. The van der Waals surface area contributed by atoms with Crippen molar-refractivity contribution in [1.29, 1.82) is 0 Å². The van der Waals surface area contributed by atoms with Crippen molar-refractivity contribution in [3.8, 4) is 0 Å². The maximum absolute atomic E-state index is 11.6. The number of imidazole rings is 1. The summed E-state index contributed by atoms with van der Waals surface area (Å²) in [5.74, 6) is 0. The van der Waals surface area contributed by atoms with E-state index in [2.05, 4.69) is 9.97 Å². The molecule has 5 nitrogen and oxygen atoms in total. The number of carbonyl (C=O) groups is 1. The highest BCUT2D eigenvalue weighted by Gasteiger charge is 2.10. The fraction of sp³-hybridized carbons (Fsp3) is 0.222. The minimum Gasteiger partial charge on any atom is -0.330 e. The maximum Gasteiger partial charge on any atom is 0.329 e. The third-order valence-corrected chi connectivity index (χ3v) is 1.94. The van der Waals surface area contributed by atoms with E-state index in [0.29, 0.717) is 0 Å². The molecule has 0 aliphatic heterocycles. The Morgan fingerprint density at radius 2 is 2.29 bits per heavy atom. The summed E-state index contributed by atoms with van der Waals surface area (Å²) in [6.45, 7) is 0. The summed E-state index contributed by atoms with van der Waals surface area (Å²) >= 11 is 0. The van der Waals surface area contributed by atoms with Crippen molar-refractivity contribution in [1.82, 2.24) is 19.4 Å². The Kier molecular flexibility index (Phi) is 1.92. The summed E-state index contributed by atoms with van der Waals surface area (Å²) in [7, 11) is 3.40. The van der Waals surface area contributed by atoms with E-state index in [1.54, 1.807) is 32.6 Å². The minimum atomic E-state index is -0.125. The predicted octanol–water partition coefficient (Wildman–Crippen LogP) is 0.961. The molecule has 0 saturated heterocycles. The first-order chi connectivity index (χ1) is 6.70. The Balaban J connectivity index is 2.58. The fourth-order valence-electron chi connectivity index (χ4n) is 1.22. The van der Waals surface area contributed by atoms with Gasteiger partial charge < -0.3 is 4.90 Å². The molecule has 0 aromatic carbocycles. The van der Waals surface area contributed by atoms with Crippen LogP contribution in [0.15, 0.2) is 24.8 Å². The van der Waals surface area contributed by atoms with Crippen molar-refractivity contribution in [3.63, 3.8) is 0 Å².